The quantitative estimate of drug-likeness (QED) is 0.722. The molecule has 0 aliphatic heterocycles. The molecule has 0 saturated carbocycles. The Kier molecular flexibility index (Phi) is 6.53. The maximum Gasteiger partial charge on any atom is 0.0991 e. The average molecular weight is 321 g/mol. The van der Waals surface area contributed by atoms with Crippen LogP contribution in [0, 0.1) is 18.3 Å². The first-order valence-corrected chi connectivity index (χ1v) is 8.06. The van der Waals surface area contributed by atoms with Gasteiger partial charge >= 0.3 is 0 Å². The Morgan fingerprint density at radius 2 is 1.96 bits per heavy atom. The van der Waals surface area contributed by atoms with Crippen molar-refractivity contribution in [3.05, 3.63) is 59.2 Å². The van der Waals surface area contributed by atoms with Crippen molar-refractivity contribution in [2.75, 3.05) is 31.7 Å². The third-order valence-electron chi connectivity index (χ3n) is 3.89. The lowest BCUT2D eigenvalue weighted by molar-refractivity contribution is 0.205. The second-order valence-electron chi connectivity index (χ2n) is 5.54. The molecule has 24 heavy (non-hydrogen) atoms. The van der Waals surface area contributed by atoms with Gasteiger partial charge in [-0.1, -0.05) is 12.1 Å². The number of aryl methyl sites for hydroxylation is 1. The molecule has 0 radical (unpaired) electrons. The Balaban J connectivity index is 2.13. The second kappa shape index (κ2) is 8.85. The van der Waals surface area contributed by atoms with Crippen LogP contribution >= 0.6 is 0 Å². The predicted molar refractivity (Wildman–Crippen MR) is 99.4 cm³/mol. The normalized spacial score (nSPS) is 10.8. The number of benzene rings is 2. The maximum atomic E-state index is 8.82. The molecule has 0 atom stereocenters. The van der Waals surface area contributed by atoms with Gasteiger partial charge in [0.05, 0.1) is 23.9 Å². The Hall–Kier alpha value is -2.64. The topological polar surface area (TPSA) is 48.6 Å². The van der Waals surface area contributed by atoms with Gasteiger partial charge in [0.15, 0.2) is 0 Å². The Morgan fingerprint density at radius 1 is 1.21 bits per heavy atom. The molecule has 0 bridgehead atoms. The van der Waals surface area contributed by atoms with Crippen molar-refractivity contribution < 1.29 is 4.74 Å². The smallest absolute Gasteiger partial charge is 0.0991 e. The van der Waals surface area contributed by atoms with Crippen LogP contribution in [-0.4, -0.2) is 33.0 Å². The van der Waals surface area contributed by atoms with Gasteiger partial charge in [0.25, 0.3) is 0 Å². The van der Waals surface area contributed by atoms with Crippen molar-refractivity contribution in [3.63, 3.8) is 0 Å². The van der Waals surface area contributed by atoms with E-state index in [4.69, 9.17) is 10.00 Å². The van der Waals surface area contributed by atoms with Gasteiger partial charge in [0.2, 0.25) is 0 Å². The molecule has 4 heteroatoms. The van der Waals surface area contributed by atoms with Gasteiger partial charge in [-0.3, -0.25) is 4.99 Å². The highest BCUT2D eigenvalue weighted by Crippen LogP contribution is 2.24. The van der Waals surface area contributed by atoms with Gasteiger partial charge in [0.1, 0.15) is 0 Å². The molecule has 0 fully saturated rings. The fourth-order valence-electron chi connectivity index (χ4n) is 2.44. The van der Waals surface area contributed by atoms with E-state index in [1.807, 2.05) is 24.4 Å². The zero-order valence-corrected chi connectivity index (χ0v) is 14.5. The van der Waals surface area contributed by atoms with Crippen molar-refractivity contribution >= 4 is 17.6 Å². The van der Waals surface area contributed by atoms with Crippen molar-refractivity contribution in [1.29, 1.82) is 5.26 Å². The van der Waals surface area contributed by atoms with Crippen LogP contribution in [0.1, 0.15) is 23.6 Å². The number of rotatable bonds is 7. The number of hydrogen-bond acceptors (Lipinski definition) is 4. The molecule has 0 saturated heterocycles. The summed E-state index contributed by atoms with van der Waals surface area (Å²) in [7, 11) is 1.72. The molecule has 2 aromatic carbocycles. The lowest BCUT2D eigenvalue weighted by Gasteiger charge is -2.23. The van der Waals surface area contributed by atoms with Crippen LogP contribution in [0.2, 0.25) is 0 Å². The first-order valence-electron chi connectivity index (χ1n) is 8.06. The van der Waals surface area contributed by atoms with Gasteiger partial charge in [-0.05, 0) is 55.3 Å². The predicted octanol–water partition coefficient (Wildman–Crippen LogP) is 4.09. The summed E-state index contributed by atoms with van der Waals surface area (Å²) in [6, 6.07) is 15.8. The molecule has 0 aliphatic rings. The van der Waals surface area contributed by atoms with Crippen molar-refractivity contribution in [3.8, 4) is 6.07 Å². The molecule has 124 valence electrons. The first kappa shape index (κ1) is 17.7. The van der Waals surface area contributed by atoms with E-state index in [2.05, 4.69) is 41.9 Å². The minimum atomic E-state index is 0.656. The van der Waals surface area contributed by atoms with E-state index in [0.29, 0.717) is 12.2 Å². The zero-order valence-electron chi connectivity index (χ0n) is 14.5. The SMILES string of the molecule is CCN(CCOC)c1ccc(N=Cc2ccc(C#N)cc2)c(C)c1. The molecule has 2 rings (SSSR count). The summed E-state index contributed by atoms with van der Waals surface area (Å²) < 4.78 is 5.17. The highest BCUT2D eigenvalue weighted by Gasteiger charge is 2.06. The summed E-state index contributed by atoms with van der Waals surface area (Å²) in [5, 5.41) is 8.82. The van der Waals surface area contributed by atoms with Gasteiger partial charge in [-0.25, -0.2) is 0 Å². The Labute approximate surface area is 144 Å². The van der Waals surface area contributed by atoms with Gasteiger partial charge in [-0.2, -0.15) is 5.26 Å². The molecule has 0 N–H and O–H groups in total. The summed E-state index contributed by atoms with van der Waals surface area (Å²) in [5.74, 6) is 0. The summed E-state index contributed by atoms with van der Waals surface area (Å²) >= 11 is 0. The highest BCUT2D eigenvalue weighted by molar-refractivity contribution is 5.82. The van der Waals surface area contributed by atoms with E-state index in [9.17, 15) is 0 Å². The lowest BCUT2D eigenvalue weighted by atomic mass is 10.1. The molecule has 2 aromatic rings. The van der Waals surface area contributed by atoms with Crippen LogP contribution < -0.4 is 4.90 Å². The fourth-order valence-corrected chi connectivity index (χ4v) is 2.44. The number of aliphatic imine (C=N–C) groups is 1. The van der Waals surface area contributed by atoms with Crippen LogP contribution in [-0.2, 0) is 4.74 Å². The van der Waals surface area contributed by atoms with Crippen LogP contribution in [0.4, 0.5) is 11.4 Å². The summed E-state index contributed by atoms with van der Waals surface area (Å²) in [4.78, 5) is 6.85. The molecular weight excluding hydrogens is 298 g/mol. The van der Waals surface area contributed by atoms with E-state index in [0.717, 1.165) is 29.9 Å². The number of likely N-dealkylation sites (N-methyl/N-ethyl adjacent to an activating group) is 1. The third-order valence-corrected chi connectivity index (χ3v) is 3.89. The van der Waals surface area contributed by atoms with Crippen LogP contribution in [0.25, 0.3) is 0 Å². The van der Waals surface area contributed by atoms with Gasteiger partial charge in [-0.15, -0.1) is 0 Å². The molecule has 0 unspecified atom stereocenters. The molecule has 0 amide bonds. The van der Waals surface area contributed by atoms with Crippen LogP contribution in [0.15, 0.2) is 47.5 Å². The Bertz CT molecular complexity index is 730. The molecule has 0 aliphatic carbocycles. The molecular formula is C20H23N3O. The molecule has 0 aromatic heterocycles. The summed E-state index contributed by atoms with van der Waals surface area (Å²) in [6.45, 7) is 6.74. The van der Waals surface area contributed by atoms with E-state index < -0.39 is 0 Å². The summed E-state index contributed by atoms with van der Waals surface area (Å²) in [5.41, 5.74) is 4.90. The lowest BCUT2D eigenvalue weighted by Crippen LogP contribution is -2.26. The number of anilines is 1. The standard InChI is InChI=1S/C20H23N3O/c1-4-23(11-12-24-3)19-9-10-20(16(2)13-19)22-15-18-7-5-17(14-21)6-8-18/h5-10,13,15H,4,11-12H2,1-3H3. The van der Waals surface area contributed by atoms with E-state index in [1.54, 1.807) is 19.2 Å². The third kappa shape index (κ3) is 4.68. The minimum absolute atomic E-state index is 0.656. The Morgan fingerprint density at radius 3 is 2.54 bits per heavy atom. The highest BCUT2D eigenvalue weighted by atomic mass is 16.5. The number of hydrogen-bond donors (Lipinski definition) is 0. The van der Waals surface area contributed by atoms with Crippen LogP contribution in [0.5, 0.6) is 0 Å². The van der Waals surface area contributed by atoms with Gasteiger partial charge < -0.3 is 9.64 Å². The fraction of sp³-hybridized carbons (Fsp3) is 0.300. The second-order valence-corrected chi connectivity index (χ2v) is 5.54. The average Bonchev–Trinajstić information content (AvgIpc) is 2.62. The van der Waals surface area contributed by atoms with Crippen LogP contribution in [0.3, 0.4) is 0 Å². The summed E-state index contributed by atoms with van der Waals surface area (Å²) in [6.07, 6.45) is 1.83. The van der Waals surface area contributed by atoms with Gasteiger partial charge in [0, 0.05) is 32.1 Å². The number of nitriles is 1. The largest absolute Gasteiger partial charge is 0.383 e. The monoisotopic (exact) mass is 321 g/mol. The van der Waals surface area contributed by atoms with E-state index >= 15 is 0 Å². The number of ether oxygens (including phenoxy) is 1. The van der Waals surface area contributed by atoms with E-state index in [1.165, 1.54) is 5.69 Å². The number of methoxy groups -OCH3 is 1. The zero-order chi connectivity index (χ0) is 17.4. The van der Waals surface area contributed by atoms with Crippen molar-refractivity contribution in [2.45, 2.75) is 13.8 Å². The maximum absolute atomic E-state index is 8.82. The molecule has 0 heterocycles. The number of nitrogens with zero attached hydrogens (tertiary/aromatic N) is 3. The molecule has 4 nitrogen and oxygen atoms in total. The van der Waals surface area contributed by atoms with Crippen molar-refractivity contribution in [2.24, 2.45) is 4.99 Å². The van der Waals surface area contributed by atoms with Crippen molar-refractivity contribution in [1.82, 2.24) is 0 Å². The van der Waals surface area contributed by atoms with E-state index in [-0.39, 0.29) is 0 Å². The molecule has 0 spiro atoms. The first-order chi connectivity index (χ1) is 11.7. The minimum Gasteiger partial charge on any atom is -0.383 e.